The van der Waals surface area contributed by atoms with E-state index in [0.717, 1.165) is 18.4 Å². The molecule has 20 heavy (non-hydrogen) atoms. The molecule has 0 saturated heterocycles. The van der Waals surface area contributed by atoms with Gasteiger partial charge < -0.3 is 15.2 Å². The molecule has 0 aliphatic carbocycles. The number of aliphatic carboxylic acids is 1. The molecule has 0 aliphatic rings. The van der Waals surface area contributed by atoms with Crippen molar-refractivity contribution in [1.82, 2.24) is 5.32 Å². The summed E-state index contributed by atoms with van der Waals surface area (Å²) in [4.78, 5) is 23.3. The molecule has 0 spiro atoms. The molecule has 2 N–H and O–H groups in total. The first kappa shape index (κ1) is 16.2. The molecule has 1 unspecified atom stereocenters. The van der Waals surface area contributed by atoms with Gasteiger partial charge in [0.05, 0.1) is 6.61 Å². The summed E-state index contributed by atoms with van der Waals surface area (Å²) in [5.41, 5.74) is 0.156. The molecule has 1 rings (SSSR count). The molecule has 0 fully saturated rings. The number of benzene rings is 1. The third kappa shape index (κ3) is 4.06. The Labute approximate surface area is 118 Å². The largest absolute Gasteiger partial charge is 0.479 e. The van der Waals surface area contributed by atoms with Crippen molar-refractivity contribution in [2.24, 2.45) is 0 Å². The lowest BCUT2D eigenvalue weighted by Crippen LogP contribution is -2.55. The van der Waals surface area contributed by atoms with Crippen LogP contribution in [0.5, 0.6) is 0 Å². The number of carboxylic acid groups (broad SMARTS) is 1. The maximum absolute atomic E-state index is 12.1. The summed E-state index contributed by atoms with van der Waals surface area (Å²) >= 11 is 0. The van der Waals surface area contributed by atoms with Crippen molar-refractivity contribution in [3.63, 3.8) is 0 Å². The van der Waals surface area contributed by atoms with Crippen LogP contribution in [0.4, 0.5) is 0 Å². The van der Waals surface area contributed by atoms with E-state index in [9.17, 15) is 14.7 Å². The highest BCUT2D eigenvalue weighted by atomic mass is 16.5. The van der Waals surface area contributed by atoms with E-state index in [-0.39, 0.29) is 6.61 Å². The lowest BCUT2D eigenvalue weighted by atomic mass is 10.0. The van der Waals surface area contributed by atoms with Crippen molar-refractivity contribution in [2.45, 2.75) is 32.2 Å². The Hall–Kier alpha value is -1.88. The smallest absolute Gasteiger partial charge is 0.331 e. The van der Waals surface area contributed by atoms with Crippen LogP contribution in [-0.4, -0.2) is 36.2 Å². The van der Waals surface area contributed by atoms with Crippen LogP contribution in [0.25, 0.3) is 0 Å². The van der Waals surface area contributed by atoms with Gasteiger partial charge in [0, 0.05) is 12.7 Å². The van der Waals surface area contributed by atoms with Gasteiger partial charge in [-0.15, -0.1) is 0 Å². The molecule has 0 saturated carbocycles. The van der Waals surface area contributed by atoms with Gasteiger partial charge in [-0.2, -0.15) is 0 Å². The Balaban J connectivity index is 2.81. The lowest BCUT2D eigenvalue weighted by molar-refractivity contribution is -0.145. The fraction of sp³-hybridized carbons (Fsp3) is 0.467. The summed E-state index contributed by atoms with van der Waals surface area (Å²) in [7, 11) is 1.40. The van der Waals surface area contributed by atoms with Crippen LogP contribution in [0.1, 0.15) is 36.2 Å². The van der Waals surface area contributed by atoms with Gasteiger partial charge in [0.25, 0.3) is 5.91 Å². The molecule has 1 aromatic rings. The van der Waals surface area contributed by atoms with Crippen LogP contribution < -0.4 is 5.32 Å². The van der Waals surface area contributed by atoms with Gasteiger partial charge >= 0.3 is 5.97 Å². The molecule has 5 nitrogen and oxygen atoms in total. The number of carbonyl (C=O) groups is 2. The number of nitrogens with one attached hydrogen (secondary N) is 1. The number of rotatable bonds is 7. The zero-order chi connectivity index (χ0) is 15.2. The van der Waals surface area contributed by atoms with Crippen molar-refractivity contribution in [1.29, 1.82) is 0 Å². The highest BCUT2D eigenvalue weighted by molar-refractivity contribution is 5.97. The predicted octanol–water partition coefficient (Wildman–Crippen LogP) is 1.86. The van der Waals surface area contributed by atoms with E-state index < -0.39 is 17.4 Å². The summed E-state index contributed by atoms with van der Waals surface area (Å²) in [5, 5.41) is 11.7. The molecule has 110 valence electrons. The van der Waals surface area contributed by atoms with Crippen LogP contribution in [0.15, 0.2) is 24.3 Å². The molecule has 1 aromatic carbocycles. The van der Waals surface area contributed by atoms with Crippen LogP contribution in [0.3, 0.4) is 0 Å². The minimum atomic E-state index is -1.44. The Morgan fingerprint density at radius 1 is 1.30 bits per heavy atom. The quantitative estimate of drug-likeness (QED) is 0.798. The van der Waals surface area contributed by atoms with Crippen LogP contribution in [0.2, 0.25) is 0 Å². The second-order valence-corrected chi connectivity index (χ2v) is 4.97. The van der Waals surface area contributed by atoms with Gasteiger partial charge in [-0.3, -0.25) is 4.79 Å². The normalized spacial score (nSPS) is 13.6. The highest BCUT2D eigenvalue weighted by Gasteiger charge is 2.35. The van der Waals surface area contributed by atoms with E-state index in [1.165, 1.54) is 14.0 Å². The molecule has 5 heteroatoms. The fourth-order valence-electron chi connectivity index (χ4n) is 1.87. The molecular formula is C15H21NO4. The molecule has 1 amide bonds. The van der Waals surface area contributed by atoms with Gasteiger partial charge in [-0.25, -0.2) is 4.79 Å². The first-order chi connectivity index (χ1) is 9.42. The lowest BCUT2D eigenvalue weighted by Gasteiger charge is -2.25. The van der Waals surface area contributed by atoms with Crippen molar-refractivity contribution < 1.29 is 19.4 Å². The summed E-state index contributed by atoms with van der Waals surface area (Å²) in [6.45, 7) is 3.41. The maximum Gasteiger partial charge on any atom is 0.331 e. The summed E-state index contributed by atoms with van der Waals surface area (Å²) in [5.74, 6) is -1.55. The average Bonchev–Trinajstić information content (AvgIpc) is 2.40. The summed E-state index contributed by atoms with van der Waals surface area (Å²) in [6.07, 6.45) is 1.99. The van der Waals surface area contributed by atoms with Crippen LogP contribution in [-0.2, 0) is 16.0 Å². The zero-order valence-electron chi connectivity index (χ0n) is 12.1. The number of methoxy groups -OCH3 is 1. The monoisotopic (exact) mass is 279 g/mol. The Morgan fingerprint density at radius 2 is 1.90 bits per heavy atom. The van der Waals surface area contributed by atoms with Crippen LogP contribution >= 0.6 is 0 Å². The first-order valence-corrected chi connectivity index (χ1v) is 6.56. The number of carbonyl (C=O) groups excluding carboxylic acids is 1. The number of hydrogen-bond acceptors (Lipinski definition) is 3. The minimum Gasteiger partial charge on any atom is -0.479 e. The fourth-order valence-corrected chi connectivity index (χ4v) is 1.87. The Morgan fingerprint density at radius 3 is 2.35 bits per heavy atom. The van der Waals surface area contributed by atoms with Crippen molar-refractivity contribution in [2.75, 3.05) is 13.7 Å². The summed E-state index contributed by atoms with van der Waals surface area (Å²) in [6, 6.07) is 7.17. The van der Waals surface area contributed by atoms with Gasteiger partial charge in [0.1, 0.15) is 0 Å². The number of ether oxygens (including phenoxy) is 1. The number of hydrogen-bond donors (Lipinski definition) is 2. The van der Waals surface area contributed by atoms with Crippen LogP contribution in [0, 0.1) is 0 Å². The zero-order valence-corrected chi connectivity index (χ0v) is 12.1. The first-order valence-electron chi connectivity index (χ1n) is 6.56. The molecular weight excluding hydrogens is 258 g/mol. The number of amides is 1. The van der Waals surface area contributed by atoms with E-state index in [2.05, 4.69) is 12.2 Å². The second kappa shape index (κ2) is 7.05. The Bertz CT molecular complexity index is 469. The predicted molar refractivity (Wildman–Crippen MR) is 75.8 cm³/mol. The number of aryl methyl sites for hydroxylation is 1. The number of carboxylic acids is 1. The second-order valence-electron chi connectivity index (χ2n) is 4.97. The van der Waals surface area contributed by atoms with E-state index in [1.807, 2.05) is 12.1 Å². The molecule has 0 bridgehead atoms. The van der Waals surface area contributed by atoms with Gasteiger partial charge in [-0.05, 0) is 31.0 Å². The topological polar surface area (TPSA) is 75.6 Å². The minimum absolute atomic E-state index is 0.0952. The highest BCUT2D eigenvalue weighted by Crippen LogP contribution is 2.10. The van der Waals surface area contributed by atoms with Crippen molar-refractivity contribution in [3.8, 4) is 0 Å². The van der Waals surface area contributed by atoms with E-state index in [4.69, 9.17) is 4.74 Å². The SMILES string of the molecule is CCCc1ccc(C(=O)NC(C)(COC)C(=O)O)cc1. The maximum atomic E-state index is 12.1. The third-order valence-corrected chi connectivity index (χ3v) is 3.05. The molecule has 1 atom stereocenters. The van der Waals surface area contributed by atoms with Gasteiger partial charge in [0.15, 0.2) is 5.54 Å². The van der Waals surface area contributed by atoms with E-state index >= 15 is 0 Å². The van der Waals surface area contributed by atoms with Gasteiger partial charge in [-0.1, -0.05) is 25.5 Å². The Kier molecular flexibility index (Phi) is 5.70. The van der Waals surface area contributed by atoms with E-state index in [1.54, 1.807) is 12.1 Å². The van der Waals surface area contributed by atoms with E-state index in [0.29, 0.717) is 5.56 Å². The van der Waals surface area contributed by atoms with Crippen molar-refractivity contribution in [3.05, 3.63) is 35.4 Å². The molecule has 0 heterocycles. The summed E-state index contributed by atoms with van der Waals surface area (Å²) < 4.78 is 4.86. The average molecular weight is 279 g/mol. The molecule has 0 radical (unpaired) electrons. The third-order valence-electron chi connectivity index (χ3n) is 3.05. The molecule has 0 aromatic heterocycles. The van der Waals surface area contributed by atoms with Gasteiger partial charge in [0.2, 0.25) is 0 Å². The molecule has 0 aliphatic heterocycles. The standard InChI is InChI=1S/C15H21NO4/c1-4-5-11-6-8-12(9-7-11)13(17)16-15(2,10-20-3)14(18)19/h6-9H,4-5,10H2,1-3H3,(H,16,17)(H,18,19). The van der Waals surface area contributed by atoms with Crippen molar-refractivity contribution >= 4 is 11.9 Å².